The lowest BCUT2D eigenvalue weighted by atomic mass is 10.1. The van der Waals surface area contributed by atoms with Crippen molar-refractivity contribution >= 4 is 21.4 Å². The molecule has 0 unspecified atom stereocenters. The fourth-order valence-corrected chi connectivity index (χ4v) is 4.99. The van der Waals surface area contributed by atoms with Gasteiger partial charge < -0.3 is 0 Å². The first kappa shape index (κ1) is 15.6. The smallest absolute Gasteiger partial charge is 0.218 e. The standard InChI is InChI=1S/C16H20N2O2S2/c1-12-5-3-4-6-14(12)11-22(19,20)18(16-7-8-16)9-15-10-21-13(2)17-15/h3-6,10,16H,7-9,11H2,1-2H3. The summed E-state index contributed by atoms with van der Waals surface area (Å²) in [7, 11) is -3.33. The van der Waals surface area contributed by atoms with Gasteiger partial charge in [0.25, 0.3) is 0 Å². The summed E-state index contributed by atoms with van der Waals surface area (Å²) in [5.41, 5.74) is 2.75. The number of thiazole rings is 1. The lowest BCUT2D eigenvalue weighted by Crippen LogP contribution is -2.34. The second-order valence-electron chi connectivity index (χ2n) is 5.82. The Morgan fingerprint density at radius 1 is 1.27 bits per heavy atom. The van der Waals surface area contributed by atoms with E-state index in [4.69, 9.17) is 0 Å². The van der Waals surface area contributed by atoms with Gasteiger partial charge in [-0.3, -0.25) is 0 Å². The van der Waals surface area contributed by atoms with Crippen LogP contribution < -0.4 is 0 Å². The minimum atomic E-state index is -3.33. The number of hydrogen-bond donors (Lipinski definition) is 0. The van der Waals surface area contributed by atoms with Crippen molar-refractivity contribution in [3.63, 3.8) is 0 Å². The summed E-state index contributed by atoms with van der Waals surface area (Å²) in [4.78, 5) is 4.41. The molecular weight excluding hydrogens is 316 g/mol. The van der Waals surface area contributed by atoms with E-state index >= 15 is 0 Å². The first-order chi connectivity index (χ1) is 10.5. The second-order valence-corrected chi connectivity index (χ2v) is 8.80. The summed E-state index contributed by atoms with van der Waals surface area (Å²) >= 11 is 1.56. The topological polar surface area (TPSA) is 50.3 Å². The SMILES string of the molecule is Cc1nc(CN(C2CC2)S(=O)(=O)Cc2ccccc2C)cs1. The summed E-state index contributed by atoms with van der Waals surface area (Å²) in [5.74, 6) is 0.0687. The predicted octanol–water partition coefficient (Wildman–Crippen LogP) is 3.25. The molecule has 4 nitrogen and oxygen atoms in total. The molecule has 1 aromatic carbocycles. The highest BCUT2D eigenvalue weighted by molar-refractivity contribution is 7.88. The zero-order valence-corrected chi connectivity index (χ0v) is 14.5. The van der Waals surface area contributed by atoms with Crippen molar-refractivity contribution in [1.29, 1.82) is 0 Å². The Labute approximate surface area is 135 Å². The van der Waals surface area contributed by atoms with Crippen LogP contribution in [0.3, 0.4) is 0 Å². The molecule has 0 spiro atoms. The molecular formula is C16H20N2O2S2. The summed E-state index contributed by atoms with van der Waals surface area (Å²) in [6, 6.07) is 7.82. The number of aryl methyl sites for hydroxylation is 2. The van der Waals surface area contributed by atoms with Crippen LogP contribution in [0.5, 0.6) is 0 Å². The van der Waals surface area contributed by atoms with E-state index in [0.717, 1.165) is 34.7 Å². The maximum atomic E-state index is 12.8. The molecule has 0 atom stereocenters. The molecule has 0 N–H and O–H groups in total. The van der Waals surface area contributed by atoms with Crippen molar-refractivity contribution in [2.75, 3.05) is 0 Å². The Hall–Kier alpha value is -1.24. The van der Waals surface area contributed by atoms with Gasteiger partial charge in [0.15, 0.2) is 0 Å². The average molecular weight is 336 g/mol. The monoisotopic (exact) mass is 336 g/mol. The number of nitrogens with zero attached hydrogens (tertiary/aromatic N) is 2. The molecule has 1 fully saturated rings. The maximum absolute atomic E-state index is 12.8. The molecule has 1 saturated carbocycles. The van der Waals surface area contributed by atoms with Crippen molar-refractivity contribution in [2.24, 2.45) is 0 Å². The Bertz CT molecular complexity index is 764. The van der Waals surface area contributed by atoms with Gasteiger partial charge in [0.1, 0.15) is 0 Å². The van der Waals surface area contributed by atoms with E-state index in [1.54, 1.807) is 15.6 Å². The highest BCUT2D eigenvalue weighted by Gasteiger charge is 2.37. The van der Waals surface area contributed by atoms with Gasteiger partial charge in [-0.05, 0) is 37.8 Å². The zero-order chi connectivity index (χ0) is 15.7. The molecule has 0 saturated heterocycles. The highest BCUT2D eigenvalue weighted by Crippen LogP contribution is 2.32. The lowest BCUT2D eigenvalue weighted by molar-refractivity contribution is 0.394. The molecule has 0 bridgehead atoms. The van der Waals surface area contributed by atoms with Crippen LogP contribution in [0.2, 0.25) is 0 Å². The van der Waals surface area contributed by atoms with Crippen LogP contribution in [-0.2, 0) is 22.3 Å². The van der Waals surface area contributed by atoms with Crippen molar-refractivity contribution in [1.82, 2.24) is 9.29 Å². The van der Waals surface area contributed by atoms with Crippen molar-refractivity contribution in [2.45, 2.75) is 45.0 Å². The molecule has 22 heavy (non-hydrogen) atoms. The van der Waals surface area contributed by atoms with E-state index in [-0.39, 0.29) is 11.8 Å². The number of aromatic nitrogens is 1. The number of rotatable bonds is 6. The molecule has 1 heterocycles. The quantitative estimate of drug-likeness (QED) is 0.813. The molecule has 2 aromatic rings. The minimum absolute atomic E-state index is 0.0687. The highest BCUT2D eigenvalue weighted by atomic mass is 32.2. The van der Waals surface area contributed by atoms with Crippen LogP contribution in [0.4, 0.5) is 0 Å². The Kier molecular flexibility index (Phi) is 4.34. The van der Waals surface area contributed by atoms with E-state index < -0.39 is 10.0 Å². The third kappa shape index (κ3) is 3.56. The Morgan fingerprint density at radius 3 is 2.59 bits per heavy atom. The second kappa shape index (κ2) is 6.10. The molecule has 0 radical (unpaired) electrons. The van der Waals surface area contributed by atoms with Gasteiger partial charge in [-0.1, -0.05) is 24.3 Å². The summed E-state index contributed by atoms with van der Waals surface area (Å²) in [6.07, 6.45) is 1.91. The normalized spacial score (nSPS) is 15.4. The molecule has 1 aromatic heterocycles. The minimum Gasteiger partial charge on any atom is -0.245 e. The van der Waals surface area contributed by atoms with Crippen LogP contribution in [0.1, 0.15) is 34.7 Å². The summed E-state index contributed by atoms with van der Waals surface area (Å²) in [5, 5.41) is 2.93. The molecule has 0 amide bonds. The van der Waals surface area contributed by atoms with E-state index in [9.17, 15) is 8.42 Å². The van der Waals surface area contributed by atoms with Crippen LogP contribution >= 0.6 is 11.3 Å². The molecule has 3 rings (SSSR count). The van der Waals surface area contributed by atoms with Crippen molar-refractivity contribution < 1.29 is 8.42 Å². The molecule has 1 aliphatic carbocycles. The van der Waals surface area contributed by atoms with Crippen LogP contribution in [-0.4, -0.2) is 23.7 Å². The van der Waals surface area contributed by atoms with E-state index in [1.165, 1.54) is 0 Å². The number of benzene rings is 1. The third-order valence-electron chi connectivity index (χ3n) is 3.90. The Morgan fingerprint density at radius 2 is 2.00 bits per heavy atom. The van der Waals surface area contributed by atoms with E-state index in [0.29, 0.717) is 6.54 Å². The van der Waals surface area contributed by atoms with Crippen LogP contribution in [0, 0.1) is 13.8 Å². The number of sulfonamides is 1. The third-order valence-corrected chi connectivity index (χ3v) is 6.53. The van der Waals surface area contributed by atoms with Gasteiger partial charge in [0.2, 0.25) is 10.0 Å². The van der Waals surface area contributed by atoms with Gasteiger partial charge in [0, 0.05) is 11.4 Å². The molecule has 118 valence electrons. The molecule has 1 aliphatic rings. The maximum Gasteiger partial charge on any atom is 0.218 e. The Balaban J connectivity index is 1.82. The molecule has 6 heteroatoms. The summed E-state index contributed by atoms with van der Waals surface area (Å²) < 4.78 is 27.3. The molecule has 0 aliphatic heterocycles. The van der Waals surface area contributed by atoms with Crippen LogP contribution in [0.25, 0.3) is 0 Å². The average Bonchev–Trinajstić information content (AvgIpc) is 3.21. The fourth-order valence-electron chi connectivity index (χ4n) is 2.51. The van der Waals surface area contributed by atoms with Gasteiger partial charge in [-0.15, -0.1) is 11.3 Å². The van der Waals surface area contributed by atoms with Gasteiger partial charge >= 0.3 is 0 Å². The zero-order valence-electron chi connectivity index (χ0n) is 12.8. The first-order valence-corrected chi connectivity index (χ1v) is 9.89. The number of hydrogen-bond acceptors (Lipinski definition) is 4. The van der Waals surface area contributed by atoms with Gasteiger partial charge in [0.05, 0.1) is 23.0 Å². The van der Waals surface area contributed by atoms with Crippen molar-refractivity contribution in [3.05, 3.63) is 51.5 Å². The fraction of sp³-hybridized carbons (Fsp3) is 0.438. The van der Waals surface area contributed by atoms with E-state index in [1.807, 2.05) is 43.5 Å². The predicted molar refractivity (Wildman–Crippen MR) is 89.2 cm³/mol. The van der Waals surface area contributed by atoms with Gasteiger partial charge in [-0.2, -0.15) is 4.31 Å². The van der Waals surface area contributed by atoms with Crippen molar-refractivity contribution in [3.8, 4) is 0 Å². The van der Waals surface area contributed by atoms with E-state index in [2.05, 4.69) is 4.98 Å². The van der Waals surface area contributed by atoms with Gasteiger partial charge in [-0.25, -0.2) is 13.4 Å². The van der Waals surface area contributed by atoms with Crippen LogP contribution in [0.15, 0.2) is 29.6 Å². The summed E-state index contributed by atoms with van der Waals surface area (Å²) in [6.45, 7) is 4.29. The largest absolute Gasteiger partial charge is 0.245 e. The lowest BCUT2D eigenvalue weighted by Gasteiger charge is -2.21. The first-order valence-electron chi connectivity index (χ1n) is 7.41.